The van der Waals surface area contributed by atoms with Crippen molar-refractivity contribution in [3.8, 4) is 0 Å². The zero-order valence-electron chi connectivity index (χ0n) is 12.3. The number of hydrogen-bond acceptors (Lipinski definition) is 3. The van der Waals surface area contributed by atoms with Crippen LogP contribution >= 0.6 is 0 Å². The van der Waals surface area contributed by atoms with Crippen LogP contribution in [0.3, 0.4) is 0 Å². The minimum Gasteiger partial charge on any atom is -0.466 e. The maximum atomic E-state index is 12.0. The molecule has 0 bridgehead atoms. The summed E-state index contributed by atoms with van der Waals surface area (Å²) in [6.07, 6.45) is 5.64. The topological polar surface area (TPSA) is 29.5 Å². The number of hydrogen-bond donors (Lipinski definition) is 0. The Labute approximate surface area is 121 Å². The first-order valence-corrected chi connectivity index (χ1v) is 7.28. The maximum absolute atomic E-state index is 12.0. The van der Waals surface area contributed by atoms with E-state index in [1.807, 2.05) is 36.4 Å². The van der Waals surface area contributed by atoms with Gasteiger partial charge in [-0.05, 0) is 37.9 Å². The van der Waals surface area contributed by atoms with Gasteiger partial charge in [0.2, 0.25) is 0 Å². The summed E-state index contributed by atoms with van der Waals surface area (Å²) in [6, 6.07) is 10.5. The van der Waals surface area contributed by atoms with Crippen molar-refractivity contribution in [2.75, 3.05) is 20.2 Å². The molecule has 3 heteroatoms. The number of esters is 1. The summed E-state index contributed by atoms with van der Waals surface area (Å²) >= 11 is 0. The number of likely N-dealkylation sites (tertiary alicyclic amines) is 1. The number of rotatable bonds is 4. The highest BCUT2D eigenvalue weighted by atomic mass is 16.5. The fourth-order valence-corrected chi connectivity index (χ4v) is 2.66. The first-order chi connectivity index (χ1) is 9.70. The van der Waals surface area contributed by atoms with E-state index in [1.165, 1.54) is 26.4 Å². The second kappa shape index (κ2) is 7.25. The zero-order valence-corrected chi connectivity index (χ0v) is 12.3. The van der Waals surface area contributed by atoms with E-state index in [0.29, 0.717) is 12.6 Å². The van der Waals surface area contributed by atoms with Crippen molar-refractivity contribution in [1.29, 1.82) is 0 Å². The SMILES string of the molecule is COC(=O)/C(=C\c1ccccc1)CN1CCCC[C@@H]1C. The van der Waals surface area contributed by atoms with Crippen LogP contribution in [0.2, 0.25) is 0 Å². The number of piperidine rings is 1. The molecule has 0 aromatic heterocycles. The van der Waals surface area contributed by atoms with Gasteiger partial charge in [0.25, 0.3) is 0 Å². The molecule has 0 aliphatic carbocycles. The molecular weight excluding hydrogens is 250 g/mol. The van der Waals surface area contributed by atoms with E-state index >= 15 is 0 Å². The average Bonchev–Trinajstić information content (AvgIpc) is 2.49. The third-order valence-electron chi connectivity index (χ3n) is 3.90. The van der Waals surface area contributed by atoms with Crippen molar-refractivity contribution >= 4 is 12.0 Å². The smallest absolute Gasteiger partial charge is 0.335 e. The molecule has 20 heavy (non-hydrogen) atoms. The number of benzene rings is 1. The quantitative estimate of drug-likeness (QED) is 0.623. The molecule has 2 rings (SSSR count). The van der Waals surface area contributed by atoms with Gasteiger partial charge < -0.3 is 4.74 Å². The van der Waals surface area contributed by atoms with Crippen LogP contribution in [0.1, 0.15) is 31.7 Å². The summed E-state index contributed by atoms with van der Waals surface area (Å²) in [5, 5.41) is 0. The lowest BCUT2D eigenvalue weighted by Gasteiger charge is -2.33. The van der Waals surface area contributed by atoms with Crippen molar-refractivity contribution in [3.63, 3.8) is 0 Å². The third-order valence-corrected chi connectivity index (χ3v) is 3.90. The molecule has 1 aliphatic rings. The standard InChI is InChI=1S/C17H23NO2/c1-14-8-6-7-11-18(14)13-16(17(19)20-2)12-15-9-4-3-5-10-15/h3-5,9-10,12,14H,6-8,11,13H2,1-2H3/b16-12-/t14-/m0/s1. The molecule has 1 aromatic rings. The fraction of sp³-hybridized carbons (Fsp3) is 0.471. The second-order valence-electron chi connectivity index (χ2n) is 5.39. The first kappa shape index (κ1) is 14.8. The van der Waals surface area contributed by atoms with Crippen molar-refractivity contribution < 1.29 is 9.53 Å². The van der Waals surface area contributed by atoms with Gasteiger partial charge >= 0.3 is 5.97 Å². The first-order valence-electron chi connectivity index (χ1n) is 7.28. The van der Waals surface area contributed by atoms with Crippen LogP contribution in [-0.2, 0) is 9.53 Å². The summed E-state index contributed by atoms with van der Waals surface area (Å²) < 4.78 is 4.93. The molecule has 0 radical (unpaired) electrons. The largest absolute Gasteiger partial charge is 0.466 e. The lowest BCUT2D eigenvalue weighted by molar-refractivity contribution is -0.136. The third kappa shape index (κ3) is 3.94. The Kier molecular flexibility index (Phi) is 5.36. The zero-order chi connectivity index (χ0) is 14.4. The van der Waals surface area contributed by atoms with Crippen LogP contribution in [0.15, 0.2) is 35.9 Å². The summed E-state index contributed by atoms with van der Waals surface area (Å²) in [5.41, 5.74) is 1.77. The van der Waals surface area contributed by atoms with Gasteiger partial charge in [0.15, 0.2) is 0 Å². The van der Waals surface area contributed by atoms with Gasteiger partial charge in [-0.25, -0.2) is 4.79 Å². The molecule has 1 saturated heterocycles. The summed E-state index contributed by atoms with van der Waals surface area (Å²) in [5.74, 6) is -0.230. The lowest BCUT2D eigenvalue weighted by Crippen LogP contribution is -2.39. The number of carbonyl (C=O) groups is 1. The summed E-state index contributed by atoms with van der Waals surface area (Å²) in [7, 11) is 1.45. The van der Waals surface area contributed by atoms with Crippen molar-refractivity contribution in [2.24, 2.45) is 0 Å². The highest BCUT2D eigenvalue weighted by Crippen LogP contribution is 2.19. The van der Waals surface area contributed by atoms with Gasteiger partial charge in [-0.3, -0.25) is 4.90 Å². The fourth-order valence-electron chi connectivity index (χ4n) is 2.66. The van der Waals surface area contributed by atoms with Crippen LogP contribution < -0.4 is 0 Å². The van der Waals surface area contributed by atoms with E-state index in [-0.39, 0.29) is 5.97 Å². The molecule has 108 valence electrons. The predicted molar refractivity (Wildman–Crippen MR) is 81.3 cm³/mol. The Morgan fingerprint density at radius 3 is 2.75 bits per heavy atom. The Morgan fingerprint density at radius 2 is 2.10 bits per heavy atom. The minimum absolute atomic E-state index is 0.230. The molecule has 1 aromatic carbocycles. The van der Waals surface area contributed by atoms with E-state index < -0.39 is 0 Å². The maximum Gasteiger partial charge on any atom is 0.335 e. The highest BCUT2D eigenvalue weighted by Gasteiger charge is 2.21. The van der Waals surface area contributed by atoms with Crippen LogP contribution in [0.5, 0.6) is 0 Å². The molecule has 3 nitrogen and oxygen atoms in total. The van der Waals surface area contributed by atoms with Crippen molar-refractivity contribution in [3.05, 3.63) is 41.5 Å². The Morgan fingerprint density at radius 1 is 1.35 bits per heavy atom. The predicted octanol–water partition coefficient (Wildman–Crippen LogP) is 3.12. The Balaban J connectivity index is 2.15. The van der Waals surface area contributed by atoms with Gasteiger partial charge in [-0.15, -0.1) is 0 Å². The van der Waals surface area contributed by atoms with E-state index in [2.05, 4.69) is 11.8 Å². The highest BCUT2D eigenvalue weighted by molar-refractivity contribution is 5.94. The number of nitrogens with zero attached hydrogens (tertiary/aromatic N) is 1. The van der Waals surface area contributed by atoms with Gasteiger partial charge in [-0.1, -0.05) is 36.8 Å². The van der Waals surface area contributed by atoms with Crippen LogP contribution in [0.25, 0.3) is 6.08 Å². The van der Waals surface area contributed by atoms with Gasteiger partial charge in [-0.2, -0.15) is 0 Å². The number of methoxy groups -OCH3 is 1. The molecule has 1 aliphatic heterocycles. The van der Waals surface area contributed by atoms with Crippen LogP contribution in [0.4, 0.5) is 0 Å². The van der Waals surface area contributed by atoms with E-state index in [0.717, 1.165) is 17.7 Å². The van der Waals surface area contributed by atoms with Crippen LogP contribution in [-0.4, -0.2) is 37.1 Å². The molecule has 0 amide bonds. The molecule has 1 fully saturated rings. The van der Waals surface area contributed by atoms with Gasteiger partial charge in [0.05, 0.1) is 12.7 Å². The molecule has 0 N–H and O–H groups in total. The number of carbonyl (C=O) groups excluding carboxylic acids is 1. The lowest BCUT2D eigenvalue weighted by atomic mass is 10.0. The number of ether oxygens (including phenoxy) is 1. The normalized spacial score (nSPS) is 20.7. The molecule has 0 saturated carbocycles. The second-order valence-corrected chi connectivity index (χ2v) is 5.39. The Hall–Kier alpha value is -1.61. The minimum atomic E-state index is -0.230. The van der Waals surface area contributed by atoms with Gasteiger partial charge in [0.1, 0.15) is 0 Å². The molecular formula is C17H23NO2. The molecule has 0 unspecified atom stereocenters. The molecule has 0 spiro atoms. The summed E-state index contributed by atoms with van der Waals surface area (Å²) in [6.45, 7) is 3.96. The van der Waals surface area contributed by atoms with Crippen molar-refractivity contribution in [1.82, 2.24) is 4.90 Å². The Bertz CT molecular complexity index is 467. The summed E-state index contributed by atoms with van der Waals surface area (Å²) in [4.78, 5) is 14.3. The molecule has 1 atom stereocenters. The van der Waals surface area contributed by atoms with Gasteiger partial charge in [0, 0.05) is 12.6 Å². The monoisotopic (exact) mass is 273 g/mol. The van der Waals surface area contributed by atoms with Crippen LogP contribution in [0, 0.1) is 0 Å². The molecule has 1 heterocycles. The van der Waals surface area contributed by atoms with E-state index in [9.17, 15) is 4.79 Å². The van der Waals surface area contributed by atoms with Crippen molar-refractivity contribution in [2.45, 2.75) is 32.2 Å². The van der Waals surface area contributed by atoms with E-state index in [4.69, 9.17) is 4.74 Å². The van der Waals surface area contributed by atoms with E-state index in [1.54, 1.807) is 0 Å². The average molecular weight is 273 g/mol.